The number of rotatable bonds is 6. The lowest BCUT2D eigenvalue weighted by Gasteiger charge is -2.26. The zero-order valence-corrected chi connectivity index (χ0v) is 16.0. The highest BCUT2D eigenvalue weighted by molar-refractivity contribution is 7.78. The normalized spacial score (nSPS) is 17.9. The van der Waals surface area contributed by atoms with Crippen molar-refractivity contribution >= 4 is 17.8 Å². The van der Waals surface area contributed by atoms with Crippen LogP contribution < -0.4 is 10.6 Å². The molecule has 1 aromatic heterocycles. The fourth-order valence-electron chi connectivity index (χ4n) is 3.58. The molecular formula is C22H23N2O2P. The van der Waals surface area contributed by atoms with Crippen molar-refractivity contribution in [2.75, 3.05) is 25.9 Å². The number of benzene rings is 2. The summed E-state index contributed by atoms with van der Waals surface area (Å²) in [6.45, 7) is 2.23. The SMILES string of the molecule is O=P(CCN1CCOC1c1cccnc1)(c1ccccc1)c1ccccc1. The molecule has 0 radical (unpaired) electrons. The van der Waals surface area contributed by atoms with Gasteiger partial charge in [-0.25, -0.2) is 0 Å². The first-order chi connectivity index (χ1) is 13.3. The molecule has 0 bridgehead atoms. The van der Waals surface area contributed by atoms with Gasteiger partial charge in [0.05, 0.1) is 6.61 Å². The van der Waals surface area contributed by atoms with Crippen molar-refractivity contribution in [1.29, 1.82) is 0 Å². The Morgan fingerprint density at radius 1 is 0.963 bits per heavy atom. The standard InChI is InChI=1S/C22H23N2O2P/c25-27(20-9-3-1-4-10-20,21-11-5-2-6-12-21)17-15-24-14-16-26-22(24)19-8-7-13-23-18-19/h1-13,18,22H,14-17H2. The molecule has 1 unspecified atom stereocenters. The minimum atomic E-state index is -2.71. The third-order valence-corrected chi connectivity index (χ3v) is 8.10. The minimum absolute atomic E-state index is 0.112. The van der Waals surface area contributed by atoms with E-state index in [-0.39, 0.29) is 6.23 Å². The predicted octanol–water partition coefficient (Wildman–Crippen LogP) is 3.43. The van der Waals surface area contributed by atoms with Gasteiger partial charge in [0.1, 0.15) is 13.4 Å². The smallest absolute Gasteiger partial charge is 0.144 e. The summed E-state index contributed by atoms with van der Waals surface area (Å²) in [5.41, 5.74) is 1.05. The maximum Gasteiger partial charge on any atom is 0.144 e. The molecule has 4 nitrogen and oxygen atoms in total. The highest BCUT2D eigenvalue weighted by Crippen LogP contribution is 2.43. The fourth-order valence-corrected chi connectivity index (χ4v) is 6.24. The van der Waals surface area contributed by atoms with Gasteiger partial charge in [-0.2, -0.15) is 0 Å². The second-order valence-corrected chi connectivity index (χ2v) is 9.64. The highest BCUT2D eigenvalue weighted by Gasteiger charge is 2.32. The average Bonchev–Trinajstić information content (AvgIpc) is 3.23. The maximum atomic E-state index is 14.1. The number of aromatic nitrogens is 1. The lowest BCUT2D eigenvalue weighted by Crippen LogP contribution is -2.30. The summed E-state index contributed by atoms with van der Waals surface area (Å²) in [5, 5.41) is 1.82. The van der Waals surface area contributed by atoms with Crippen molar-refractivity contribution in [2.24, 2.45) is 0 Å². The lowest BCUT2D eigenvalue weighted by molar-refractivity contribution is 0.0354. The van der Waals surface area contributed by atoms with Gasteiger partial charge in [-0.05, 0) is 6.07 Å². The second kappa shape index (κ2) is 8.18. The molecule has 0 spiro atoms. The van der Waals surface area contributed by atoms with Crippen LogP contribution in [0.5, 0.6) is 0 Å². The first-order valence-corrected chi connectivity index (χ1v) is 11.1. The molecule has 1 aliphatic heterocycles. The Labute approximate surface area is 160 Å². The lowest BCUT2D eigenvalue weighted by atomic mass is 10.2. The Balaban J connectivity index is 1.59. The van der Waals surface area contributed by atoms with Gasteiger partial charge >= 0.3 is 0 Å². The van der Waals surface area contributed by atoms with E-state index in [1.54, 1.807) is 6.20 Å². The van der Waals surface area contributed by atoms with Crippen LogP contribution in [0.3, 0.4) is 0 Å². The molecular weight excluding hydrogens is 355 g/mol. The van der Waals surface area contributed by atoms with E-state index in [1.807, 2.05) is 79.0 Å². The molecule has 0 amide bonds. The van der Waals surface area contributed by atoms with Gasteiger partial charge < -0.3 is 9.30 Å². The molecule has 2 heterocycles. The molecule has 0 saturated carbocycles. The van der Waals surface area contributed by atoms with Gasteiger partial charge in [0.25, 0.3) is 0 Å². The second-order valence-electron chi connectivity index (χ2n) is 6.68. The Hall–Kier alpha value is -2.26. The Morgan fingerprint density at radius 3 is 2.22 bits per heavy atom. The zero-order chi connectivity index (χ0) is 18.5. The van der Waals surface area contributed by atoms with Crippen LogP contribution in [0.2, 0.25) is 0 Å². The van der Waals surface area contributed by atoms with Crippen LogP contribution in [0.15, 0.2) is 85.2 Å². The van der Waals surface area contributed by atoms with Crippen LogP contribution >= 0.6 is 7.14 Å². The van der Waals surface area contributed by atoms with Crippen LogP contribution in [0.4, 0.5) is 0 Å². The van der Waals surface area contributed by atoms with Crippen molar-refractivity contribution in [3.63, 3.8) is 0 Å². The molecule has 1 atom stereocenters. The van der Waals surface area contributed by atoms with Crippen molar-refractivity contribution in [1.82, 2.24) is 9.88 Å². The molecule has 3 aromatic rings. The Morgan fingerprint density at radius 2 is 1.63 bits per heavy atom. The molecule has 4 rings (SSSR count). The molecule has 138 valence electrons. The number of pyridine rings is 1. The van der Waals surface area contributed by atoms with E-state index < -0.39 is 7.14 Å². The van der Waals surface area contributed by atoms with E-state index in [4.69, 9.17) is 4.74 Å². The minimum Gasteiger partial charge on any atom is -0.357 e. The van der Waals surface area contributed by atoms with Gasteiger partial charge in [-0.15, -0.1) is 0 Å². The van der Waals surface area contributed by atoms with Crippen LogP contribution in [0.1, 0.15) is 11.8 Å². The summed E-state index contributed by atoms with van der Waals surface area (Å²) in [6, 6.07) is 23.6. The van der Waals surface area contributed by atoms with Crippen molar-refractivity contribution in [3.05, 3.63) is 90.8 Å². The first-order valence-electron chi connectivity index (χ1n) is 9.23. The van der Waals surface area contributed by atoms with Gasteiger partial charge in [-0.1, -0.05) is 66.7 Å². The number of hydrogen-bond donors (Lipinski definition) is 0. The van der Waals surface area contributed by atoms with E-state index >= 15 is 0 Å². The van der Waals surface area contributed by atoms with Gasteiger partial charge in [0.2, 0.25) is 0 Å². The summed E-state index contributed by atoms with van der Waals surface area (Å²) < 4.78 is 20.1. The van der Waals surface area contributed by atoms with Gasteiger partial charge in [0.15, 0.2) is 0 Å². The van der Waals surface area contributed by atoms with Crippen molar-refractivity contribution in [2.45, 2.75) is 6.23 Å². The van der Waals surface area contributed by atoms with Crippen LogP contribution in [0.25, 0.3) is 0 Å². The molecule has 2 aromatic carbocycles. The van der Waals surface area contributed by atoms with Crippen LogP contribution in [-0.2, 0) is 9.30 Å². The first kappa shape index (κ1) is 18.1. The van der Waals surface area contributed by atoms with E-state index in [0.29, 0.717) is 19.3 Å². The maximum absolute atomic E-state index is 14.1. The monoisotopic (exact) mass is 378 g/mol. The van der Waals surface area contributed by atoms with E-state index in [0.717, 1.165) is 22.7 Å². The topological polar surface area (TPSA) is 42.4 Å². The van der Waals surface area contributed by atoms with E-state index in [1.165, 1.54) is 0 Å². The van der Waals surface area contributed by atoms with Crippen molar-refractivity contribution in [3.8, 4) is 0 Å². The number of ether oxygens (including phenoxy) is 1. The average molecular weight is 378 g/mol. The third kappa shape index (κ3) is 3.89. The van der Waals surface area contributed by atoms with Crippen LogP contribution in [0, 0.1) is 0 Å². The largest absolute Gasteiger partial charge is 0.357 e. The Bertz CT molecular complexity index is 860. The third-order valence-electron chi connectivity index (χ3n) is 5.00. The highest BCUT2D eigenvalue weighted by atomic mass is 31.2. The van der Waals surface area contributed by atoms with E-state index in [9.17, 15) is 4.57 Å². The molecule has 0 aliphatic carbocycles. The molecule has 0 N–H and O–H groups in total. The van der Waals surface area contributed by atoms with Crippen molar-refractivity contribution < 1.29 is 9.30 Å². The molecule has 1 saturated heterocycles. The molecule has 1 aliphatic rings. The summed E-state index contributed by atoms with van der Waals surface area (Å²) in [6.07, 6.45) is 4.08. The zero-order valence-electron chi connectivity index (χ0n) is 15.1. The molecule has 1 fully saturated rings. The fraction of sp³-hybridized carbons (Fsp3) is 0.227. The van der Waals surface area contributed by atoms with Crippen LogP contribution in [-0.4, -0.2) is 35.7 Å². The quantitative estimate of drug-likeness (QED) is 0.617. The number of hydrogen-bond acceptors (Lipinski definition) is 4. The molecule has 27 heavy (non-hydrogen) atoms. The predicted molar refractivity (Wildman–Crippen MR) is 109 cm³/mol. The van der Waals surface area contributed by atoms with E-state index in [2.05, 4.69) is 9.88 Å². The van der Waals surface area contributed by atoms with Gasteiger partial charge in [0, 0.05) is 47.8 Å². The summed E-state index contributed by atoms with van der Waals surface area (Å²) >= 11 is 0. The summed E-state index contributed by atoms with van der Waals surface area (Å²) in [5.74, 6) is 0. The van der Waals surface area contributed by atoms with Gasteiger partial charge in [-0.3, -0.25) is 9.88 Å². The summed E-state index contributed by atoms with van der Waals surface area (Å²) in [7, 11) is -2.71. The Kier molecular flexibility index (Phi) is 5.49. The number of nitrogens with zero attached hydrogens (tertiary/aromatic N) is 2. The molecule has 5 heteroatoms. The summed E-state index contributed by atoms with van der Waals surface area (Å²) in [4.78, 5) is 6.47.